The summed E-state index contributed by atoms with van der Waals surface area (Å²) >= 11 is 0. The number of aryl methyl sites for hydroxylation is 1. The number of anilines is 1. The lowest BCUT2D eigenvalue weighted by Crippen LogP contribution is -2.32. The Morgan fingerprint density at radius 2 is 1.75 bits per heavy atom. The average Bonchev–Trinajstić information content (AvgIpc) is 2.93. The molecule has 0 saturated heterocycles. The van der Waals surface area contributed by atoms with Gasteiger partial charge in [-0.3, -0.25) is 0 Å². The first-order valence-corrected chi connectivity index (χ1v) is 10.1. The number of hydrogen-bond acceptors (Lipinski definition) is 4. The second kappa shape index (κ2) is 11.5. The summed E-state index contributed by atoms with van der Waals surface area (Å²) in [7, 11) is 0. The van der Waals surface area contributed by atoms with Gasteiger partial charge in [0, 0.05) is 31.9 Å². The van der Waals surface area contributed by atoms with E-state index in [0.717, 1.165) is 13.1 Å². The third-order valence-electron chi connectivity index (χ3n) is 4.62. The average molecular weight is 385 g/mol. The fraction of sp³-hybridized carbons (Fsp3) is 0.435. The molecule has 3 N–H and O–H groups in total. The van der Waals surface area contributed by atoms with Gasteiger partial charge >= 0.3 is 5.97 Å². The van der Waals surface area contributed by atoms with Gasteiger partial charge in [-0.05, 0) is 29.5 Å². The van der Waals surface area contributed by atoms with E-state index in [1.54, 1.807) is 35.9 Å². The Kier molecular flexibility index (Phi) is 8.98. The molecule has 0 saturated carbocycles. The molecular weight excluding hydrogens is 352 g/mol. The molecule has 28 heavy (non-hydrogen) atoms. The van der Waals surface area contributed by atoms with Crippen LogP contribution in [0.2, 0.25) is 0 Å². The molecule has 2 aliphatic heterocycles. The number of carboxylic acid groups (broad SMARTS) is 1. The summed E-state index contributed by atoms with van der Waals surface area (Å²) in [6.45, 7) is 8.82. The summed E-state index contributed by atoms with van der Waals surface area (Å²) in [5.41, 5.74) is 4.97. The third-order valence-corrected chi connectivity index (χ3v) is 4.62. The highest BCUT2D eigenvalue weighted by molar-refractivity contribution is 5.73. The number of aliphatic hydroxyl groups excluding tert-OH is 1. The number of aliphatic carboxylic acids is 1. The van der Waals surface area contributed by atoms with E-state index in [4.69, 9.17) is 10.2 Å². The van der Waals surface area contributed by atoms with Crippen LogP contribution in [0.5, 0.6) is 0 Å². The summed E-state index contributed by atoms with van der Waals surface area (Å²) in [5, 5.41) is 20.9. The van der Waals surface area contributed by atoms with Gasteiger partial charge in [0.2, 0.25) is 0 Å². The van der Waals surface area contributed by atoms with Crippen molar-refractivity contribution in [3.63, 3.8) is 0 Å². The Labute approximate surface area is 168 Å². The second-order valence-electron chi connectivity index (χ2n) is 7.05. The van der Waals surface area contributed by atoms with Crippen LogP contribution in [0.15, 0.2) is 48.5 Å². The van der Waals surface area contributed by atoms with Crippen molar-refractivity contribution in [1.82, 2.24) is 5.32 Å². The van der Waals surface area contributed by atoms with E-state index in [1.807, 2.05) is 0 Å². The van der Waals surface area contributed by atoms with Crippen molar-refractivity contribution in [1.29, 1.82) is 0 Å². The fourth-order valence-corrected chi connectivity index (χ4v) is 3.41. The van der Waals surface area contributed by atoms with Crippen molar-refractivity contribution >= 4 is 11.7 Å². The maximum absolute atomic E-state index is 10.2. The van der Waals surface area contributed by atoms with Gasteiger partial charge in [0.1, 0.15) is 0 Å². The van der Waals surface area contributed by atoms with Crippen molar-refractivity contribution in [2.45, 2.75) is 45.8 Å². The van der Waals surface area contributed by atoms with Crippen LogP contribution in [0, 0.1) is 0 Å². The molecule has 0 radical (unpaired) electrons. The molecule has 2 aromatic carbocycles. The first-order valence-electron chi connectivity index (χ1n) is 10.1. The summed E-state index contributed by atoms with van der Waals surface area (Å²) in [6.07, 6.45) is 2.42. The summed E-state index contributed by atoms with van der Waals surface area (Å²) in [4.78, 5) is 12.8. The van der Waals surface area contributed by atoms with Crippen LogP contribution in [-0.4, -0.2) is 35.8 Å². The molecule has 0 bridgehead atoms. The number of carboxylic acids is 1. The Morgan fingerprint density at radius 1 is 1.07 bits per heavy atom. The lowest BCUT2D eigenvalue weighted by atomic mass is 9.98. The predicted octanol–water partition coefficient (Wildman–Crippen LogP) is 3.76. The van der Waals surface area contributed by atoms with Crippen molar-refractivity contribution in [2.75, 3.05) is 24.5 Å². The molecular formula is C23H32N2O3. The van der Waals surface area contributed by atoms with Crippen LogP contribution in [0.4, 0.5) is 5.69 Å². The SMILES string of the molecule is CCC.O=C(O)C(O)c1ccccc1.c1cc2c3c(c1)CNCCN3CCC2. The summed E-state index contributed by atoms with van der Waals surface area (Å²) in [5.74, 6) is -1.23. The largest absolute Gasteiger partial charge is 0.479 e. The number of nitrogens with zero attached hydrogens (tertiary/aromatic N) is 1. The van der Waals surface area contributed by atoms with Gasteiger partial charge in [-0.1, -0.05) is 68.8 Å². The normalized spacial score (nSPS) is 15.6. The number of hydrogen-bond donors (Lipinski definition) is 3. The number of aliphatic hydroxyl groups is 1. The minimum atomic E-state index is -1.41. The topological polar surface area (TPSA) is 72.8 Å². The molecule has 1 unspecified atom stereocenters. The van der Waals surface area contributed by atoms with E-state index in [1.165, 1.54) is 43.6 Å². The molecule has 0 aromatic heterocycles. The minimum absolute atomic E-state index is 0.403. The maximum Gasteiger partial charge on any atom is 0.337 e. The highest BCUT2D eigenvalue weighted by Crippen LogP contribution is 2.31. The van der Waals surface area contributed by atoms with Crippen molar-refractivity contribution in [3.05, 3.63) is 65.2 Å². The minimum Gasteiger partial charge on any atom is -0.479 e. The van der Waals surface area contributed by atoms with Crippen LogP contribution in [0.3, 0.4) is 0 Å². The van der Waals surface area contributed by atoms with Gasteiger partial charge in [0.15, 0.2) is 6.10 Å². The van der Waals surface area contributed by atoms with Crippen molar-refractivity contribution in [3.8, 4) is 0 Å². The first-order chi connectivity index (χ1) is 13.6. The Bertz CT molecular complexity index is 734. The van der Waals surface area contributed by atoms with E-state index in [9.17, 15) is 4.79 Å². The highest BCUT2D eigenvalue weighted by atomic mass is 16.4. The molecule has 2 heterocycles. The van der Waals surface area contributed by atoms with Gasteiger partial charge in [0.25, 0.3) is 0 Å². The van der Waals surface area contributed by atoms with Gasteiger partial charge in [0.05, 0.1) is 0 Å². The van der Waals surface area contributed by atoms with Gasteiger partial charge in [-0.15, -0.1) is 0 Å². The Morgan fingerprint density at radius 3 is 2.43 bits per heavy atom. The van der Waals surface area contributed by atoms with E-state index in [2.05, 4.69) is 42.3 Å². The van der Waals surface area contributed by atoms with Crippen LogP contribution in [0.1, 0.15) is 49.5 Å². The Balaban J connectivity index is 0.000000181. The molecule has 4 rings (SSSR count). The number of para-hydroxylation sites is 1. The quantitative estimate of drug-likeness (QED) is 0.735. The third kappa shape index (κ3) is 6.08. The maximum atomic E-state index is 10.2. The standard InChI is InChI=1S/C12H16N2.C8H8O3.C3H8/c1-3-10-5-2-7-14-8-6-13-9-11(4-1)12(10)14;9-7(8(10)11)6-4-2-1-3-5-6;1-3-2/h1,3-4,13H,2,5-9H2;1-5,7,9H,(H,10,11);3H2,1-2H3. The summed E-state index contributed by atoms with van der Waals surface area (Å²) in [6, 6.07) is 15.0. The zero-order valence-electron chi connectivity index (χ0n) is 16.9. The van der Waals surface area contributed by atoms with Crippen molar-refractivity contribution < 1.29 is 15.0 Å². The first kappa shape index (κ1) is 21.9. The number of nitrogens with one attached hydrogen (secondary N) is 1. The molecule has 152 valence electrons. The monoisotopic (exact) mass is 384 g/mol. The summed E-state index contributed by atoms with van der Waals surface area (Å²) < 4.78 is 0. The van der Waals surface area contributed by atoms with Crippen LogP contribution < -0.4 is 10.2 Å². The molecule has 0 spiro atoms. The predicted molar refractivity (Wildman–Crippen MR) is 114 cm³/mol. The van der Waals surface area contributed by atoms with E-state index < -0.39 is 12.1 Å². The lowest BCUT2D eigenvalue weighted by molar-refractivity contribution is -0.146. The van der Waals surface area contributed by atoms with Crippen LogP contribution >= 0.6 is 0 Å². The second-order valence-corrected chi connectivity index (χ2v) is 7.05. The molecule has 5 nitrogen and oxygen atoms in total. The number of carbonyl (C=O) groups is 1. The highest BCUT2D eigenvalue weighted by Gasteiger charge is 2.21. The van der Waals surface area contributed by atoms with E-state index >= 15 is 0 Å². The Hall–Kier alpha value is -2.37. The van der Waals surface area contributed by atoms with Crippen molar-refractivity contribution in [2.24, 2.45) is 0 Å². The zero-order chi connectivity index (χ0) is 20.4. The van der Waals surface area contributed by atoms with Gasteiger partial charge < -0.3 is 20.4 Å². The van der Waals surface area contributed by atoms with E-state index in [-0.39, 0.29) is 0 Å². The molecule has 1 atom stereocenters. The number of benzene rings is 2. The van der Waals surface area contributed by atoms with Crippen LogP contribution in [0.25, 0.3) is 0 Å². The van der Waals surface area contributed by atoms with Crippen LogP contribution in [-0.2, 0) is 17.8 Å². The van der Waals surface area contributed by atoms with Gasteiger partial charge in [-0.25, -0.2) is 4.79 Å². The molecule has 5 heteroatoms. The zero-order valence-corrected chi connectivity index (χ0v) is 16.9. The molecule has 0 aliphatic carbocycles. The number of rotatable bonds is 2. The van der Waals surface area contributed by atoms with E-state index in [0.29, 0.717) is 5.56 Å². The fourth-order valence-electron chi connectivity index (χ4n) is 3.41. The smallest absolute Gasteiger partial charge is 0.337 e. The van der Waals surface area contributed by atoms with Gasteiger partial charge in [-0.2, -0.15) is 0 Å². The molecule has 2 aromatic rings. The molecule has 2 aliphatic rings. The lowest BCUT2D eigenvalue weighted by Gasteiger charge is -2.31. The molecule has 0 fully saturated rings. The molecule has 0 amide bonds.